The molecule has 1 aliphatic carbocycles. The molecular formula is C13H20N4. The van der Waals surface area contributed by atoms with E-state index in [4.69, 9.17) is 0 Å². The van der Waals surface area contributed by atoms with E-state index >= 15 is 0 Å². The van der Waals surface area contributed by atoms with Crippen LogP contribution in [0.1, 0.15) is 25.5 Å². The fraction of sp³-hybridized carbons (Fsp3) is 0.538. The Morgan fingerprint density at radius 2 is 2.35 bits per heavy atom. The molecule has 92 valence electrons. The number of hydrogen-bond acceptors (Lipinski definition) is 4. The van der Waals surface area contributed by atoms with Crippen molar-refractivity contribution in [3.05, 3.63) is 30.7 Å². The third-order valence-corrected chi connectivity index (χ3v) is 2.88. The van der Waals surface area contributed by atoms with Crippen molar-refractivity contribution in [2.75, 3.05) is 18.0 Å². The minimum absolute atomic E-state index is 0.705. The van der Waals surface area contributed by atoms with Crippen LogP contribution in [-0.2, 0) is 6.54 Å². The zero-order valence-electron chi connectivity index (χ0n) is 10.4. The lowest BCUT2D eigenvalue weighted by Crippen LogP contribution is -2.25. The third kappa shape index (κ3) is 3.53. The van der Waals surface area contributed by atoms with E-state index < -0.39 is 0 Å². The van der Waals surface area contributed by atoms with Crippen LogP contribution in [0.3, 0.4) is 0 Å². The summed E-state index contributed by atoms with van der Waals surface area (Å²) in [5.74, 6) is 0.933. The van der Waals surface area contributed by atoms with E-state index in [-0.39, 0.29) is 0 Å². The Bertz CT molecular complexity index is 373. The van der Waals surface area contributed by atoms with Crippen LogP contribution in [0, 0.1) is 0 Å². The molecule has 1 aromatic rings. The van der Waals surface area contributed by atoms with E-state index in [1.54, 1.807) is 0 Å². The summed E-state index contributed by atoms with van der Waals surface area (Å²) in [4.78, 5) is 11.0. The quantitative estimate of drug-likeness (QED) is 0.727. The second kappa shape index (κ2) is 5.77. The Kier molecular flexibility index (Phi) is 4.09. The van der Waals surface area contributed by atoms with Crippen molar-refractivity contribution in [1.29, 1.82) is 0 Å². The lowest BCUT2D eigenvalue weighted by atomic mass is 10.4. The highest BCUT2D eigenvalue weighted by Crippen LogP contribution is 2.19. The summed E-state index contributed by atoms with van der Waals surface area (Å²) in [5.41, 5.74) is 1.01. The molecule has 0 saturated heterocycles. The van der Waals surface area contributed by atoms with Gasteiger partial charge in [-0.2, -0.15) is 0 Å². The monoisotopic (exact) mass is 232 g/mol. The normalized spacial score (nSPS) is 14.6. The largest absolute Gasteiger partial charge is 0.352 e. The SMILES string of the molecule is C=CCN(CC)c1cncc(CNC2CC2)n1. The minimum atomic E-state index is 0.705. The van der Waals surface area contributed by atoms with E-state index in [0.29, 0.717) is 6.04 Å². The van der Waals surface area contributed by atoms with Gasteiger partial charge in [0.1, 0.15) is 5.82 Å². The van der Waals surface area contributed by atoms with Gasteiger partial charge in [0.25, 0.3) is 0 Å². The van der Waals surface area contributed by atoms with Crippen molar-refractivity contribution in [2.45, 2.75) is 32.4 Å². The summed E-state index contributed by atoms with van der Waals surface area (Å²) < 4.78 is 0. The second-order valence-corrected chi connectivity index (χ2v) is 4.35. The Morgan fingerprint density at radius 1 is 1.53 bits per heavy atom. The Morgan fingerprint density at radius 3 is 3.00 bits per heavy atom. The number of nitrogens with one attached hydrogen (secondary N) is 1. The highest BCUT2D eigenvalue weighted by atomic mass is 15.2. The van der Waals surface area contributed by atoms with E-state index in [0.717, 1.165) is 31.1 Å². The van der Waals surface area contributed by atoms with Crippen LogP contribution in [0.15, 0.2) is 25.0 Å². The van der Waals surface area contributed by atoms with Crippen LogP contribution >= 0.6 is 0 Å². The van der Waals surface area contributed by atoms with Gasteiger partial charge in [0.05, 0.1) is 11.9 Å². The summed E-state index contributed by atoms with van der Waals surface area (Å²) in [5, 5.41) is 3.45. The molecule has 0 atom stereocenters. The summed E-state index contributed by atoms with van der Waals surface area (Å²) in [6, 6.07) is 0.705. The topological polar surface area (TPSA) is 41.1 Å². The number of anilines is 1. The van der Waals surface area contributed by atoms with E-state index in [1.807, 2.05) is 18.5 Å². The highest BCUT2D eigenvalue weighted by Gasteiger charge is 2.20. The molecule has 1 saturated carbocycles. The second-order valence-electron chi connectivity index (χ2n) is 4.35. The maximum atomic E-state index is 4.62. The number of rotatable bonds is 7. The lowest BCUT2D eigenvalue weighted by molar-refractivity contribution is 0.670. The maximum Gasteiger partial charge on any atom is 0.147 e. The van der Waals surface area contributed by atoms with Gasteiger partial charge in [-0.05, 0) is 19.8 Å². The molecule has 1 aliphatic rings. The van der Waals surface area contributed by atoms with Gasteiger partial charge in [-0.15, -0.1) is 6.58 Å². The van der Waals surface area contributed by atoms with Crippen molar-refractivity contribution < 1.29 is 0 Å². The number of aromatic nitrogens is 2. The van der Waals surface area contributed by atoms with E-state index in [2.05, 4.69) is 33.7 Å². The molecule has 4 nitrogen and oxygen atoms in total. The van der Waals surface area contributed by atoms with Gasteiger partial charge in [0.15, 0.2) is 0 Å². The Hall–Kier alpha value is -1.42. The summed E-state index contributed by atoms with van der Waals surface area (Å²) >= 11 is 0. The Balaban J connectivity index is 2.00. The molecule has 0 aromatic carbocycles. The zero-order valence-corrected chi connectivity index (χ0v) is 10.4. The first-order valence-corrected chi connectivity index (χ1v) is 6.23. The van der Waals surface area contributed by atoms with E-state index in [9.17, 15) is 0 Å². The lowest BCUT2D eigenvalue weighted by Gasteiger charge is -2.20. The minimum Gasteiger partial charge on any atom is -0.352 e. The molecular weight excluding hydrogens is 212 g/mol. The summed E-state index contributed by atoms with van der Waals surface area (Å²) in [7, 11) is 0. The van der Waals surface area contributed by atoms with Gasteiger partial charge in [0, 0.05) is 31.9 Å². The molecule has 1 aromatic heterocycles. The van der Waals surface area contributed by atoms with Crippen molar-refractivity contribution in [3.63, 3.8) is 0 Å². The molecule has 1 heterocycles. The maximum absolute atomic E-state index is 4.62. The van der Waals surface area contributed by atoms with Crippen molar-refractivity contribution in [3.8, 4) is 0 Å². The molecule has 0 aliphatic heterocycles. The number of likely N-dealkylation sites (N-methyl/N-ethyl adjacent to an activating group) is 1. The van der Waals surface area contributed by atoms with Crippen LogP contribution in [0.4, 0.5) is 5.82 Å². The standard InChI is InChI=1S/C13H20N4/c1-3-7-17(4-2)13-10-14-8-12(16-13)9-15-11-5-6-11/h3,8,10-11,15H,1,4-7,9H2,2H3. The van der Waals surface area contributed by atoms with Crippen molar-refractivity contribution in [2.24, 2.45) is 0 Å². The average molecular weight is 232 g/mol. The molecule has 0 bridgehead atoms. The van der Waals surface area contributed by atoms with E-state index in [1.165, 1.54) is 12.8 Å². The third-order valence-electron chi connectivity index (χ3n) is 2.88. The molecule has 0 spiro atoms. The smallest absolute Gasteiger partial charge is 0.147 e. The average Bonchev–Trinajstić information content (AvgIpc) is 3.18. The molecule has 0 amide bonds. The number of hydrogen-bond donors (Lipinski definition) is 1. The molecule has 1 N–H and O–H groups in total. The first-order valence-electron chi connectivity index (χ1n) is 6.23. The summed E-state index contributed by atoms with van der Waals surface area (Å²) in [6.45, 7) is 8.42. The predicted molar refractivity (Wildman–Crippen MR) is 70.0 cm³/mol. The highest BCUT2D eigenvalue weighted by molar-refractivity contribution is 5.36. The first kappa shape index (κ1) is 12.0. The van der Waals surface area contributed by atoms with Gasteiger partial charge in [0.2, 0.25) is 0 Å². The zero-order chi connectivity index (χ0) is 12.1. The van der Waals surface area contributed by atoms with Crippen LogP contribution < -0.4 is 10.2 Å². The van der Waals surface area contributed by atoms with Gasteiger partial charge < -0.3 is 10.2 Å². The molecule has 4 heteroatoms. The molecule has 0 unspecified atom stereocenters. The molecule has 2 rings (SSSR count). The molecule has 1 fully saturated rings. The molecule has 17 heavy (non-hydrogen) atoms. The van der Waals surface area contributed by atoms with Crippen LogP contribution in [0.5, 0.6) is 0 Å². The van der Waals surface area contributed by atoms with Gasteiger partial charge >= 0.3 is 0 Å². The van der Waals surface area contributed by atoms with Gasteiger partial charge in [-0.1, -0.05) is 6.08 Å². The van der Waals surface area contributed by atoms with Crippen LogP contribution in [-0.4, -0.2) is 29.1 Å². The van der Waals surface area contributed by atoms with Crippen LogP contribution in [0.2, 0.25) is 0 Å². The molecule has 0 radical (unpaired) electrons. The van der Waals surface area contributed by atoms with Gasteiger partial charge in [-0.25, -0.2) is 4.98 Å². The first-order chi connectivity index (χ1) is 8.33. The fourth-order valence-corrected chi connectivity index (χ4v) is 1.71. The van der Waals surface area contributed by atoms with Gasteiger partial charge in [-0.3, -0.25) is 4.98 Å². The number of nitrogens with zero attached hydrogens (tertiary/aromatic N) is 3. The van der Waals surface area contributed by atoms with Crippen LogP contribution in [0.25, 0.3) is 0 Å². The Labute approximate surface area is 103 Å². The van der Waals surface area contributed by atoms with Crippen molar-refractivity contribution >= 4 is 5.82 Å². The fourth-order valence-electron chi connectivity index (χ4n) is 1.71. The predicted octanol–water partition coefficient (Wildman–Crippen LogP) is 1.74. The summed E-state index contributed by atoms with van der Waals surface area (Å²) in [6.07, 6.45) is 8.13. The van der Waals surface area contributed by atoms with Crippen molar-refractivity contribution in [1.82, 2.24) is 15.3 Å².